The molecular formula is C14H20BrNO3. The molecule has 0 unspecified atom stereocenters. The normalized spacial score (nSPS) is 10.3. The first kappa shape index (κ1) is 15.8. The number of methoxy groups -OCH3 is 1. The van der Waals surface area contributed by atoms with Crippen molar-refractivity contribution in [1.29, 1.82) is 0 Å². The van der Waals surface area contributed by atoms with E-state index in [2.05, 4.69) is 15.9 Å². The molecule has 1 aromatic rings. The van der Waals surface area contributed by atoms with E-state index >= 15 is 0 Å². The molecule has 1 rings (SSSR count). The lowest BCUT2D eigenvalue weighted by atomic mass is 10.1. The molecule has 1 aromatic carbocycles. The summed E-state index contributed by atoms with van der Waals surface area (Å²) in [5.74, 6) is 0.670. The number of amides is 1. The molecule has 0 aliphatic rings. The van der Waals surface area contributed by atoms with Crippen molar-refractivity contribution in [3.8, 4) is 11.5 Å². The van der Waals surface area contributed by atoms with Crippen LogP contribution in [0.25, 0.3) is 0 Å². The van der Waals surface area contributed by atoms with Gasteiger partial charge in [-0.2, -0.15) is 0 Å². The third kappa shape index (κ3) is 5.11. The van der Waals surface area contributed by atoms with E-state index in [9.17, 15) is 9.90 Å². The van der Waals surface area contributed by atoms with Crippen LogP contribution in [-0.2, 0) is 11.3 Å². The first-order chi connectivity index (χ1) is 9.08. The van der Waals surface area contributed by atoms with Crippen molar-refractivity contribution in [2.24, 2.45) is 0 Å². The molecule has 0 atom stereocenters. The number of phenolic OH excluding ortho intramolecular Hbond substituents is 1. The molecule has 0 aliphatic carbocycles. The topological polar surface area (TPSA) is 49.8 Å². The fraction of sp³-hybridized carbons (Fsp3) is 0.500. The second kappa shape index (κ2) is 8.04. The van der Waals surface area contributed by atoms with E-state index in [1.807, 2.05) is 0 Å². The van der Waals surface area contributed by atoms with Gasteiger partial charge in [0.2, 0.25) is 5.91 Å². The molecule has 0 aromatic heterocycles. The predicted molar refractivity (Wildman–Crippen MR) is 78.8 cm³/mol. The number of carbonyl (C=O) groups excluding carboxylic acids is 1. The zero-order chi connectivity index (χ0) is 14.3. The van der Waals surface area contributed by atoms with Gasteiger partial charge in [0, 0.05) is 25.3 Å². The number of ether oxygens (including phenoxy) is 1. The van der Waals surface area contributed by atoms with Crippen molar-refractivity contribution in [3.05, 3.63) is 23.8 Å². The molecule has 19 heavy (non-hydrogen) atoms. The Labute approximate surface area is 122 Å². The second-order valence-electron chi connectivity index (χ2n) is 4.40. The second-order valence-corrected chi connectivity index (χ2v) is 5.20. The SMILES string of the molecule is COc1cc(CN(C)C(=O)CCCCBr)ccc1O. The maximum Gasteiger partial charge on any atom is 0.222 e. The summed E-state index contributed by atoms with van der Waals surface area (Å²) in [6.45, 7) is 0.518. The number of alkyl halides is 1. The molecule has 1 N–H and O–H groups in total. The van der Waals surface area contributed by atoms with Crippen LogP contribution in [0.15, 0.2) is 18.2 Å². The highest BCUT2D eigenvalue weighted by Crippen LogP contribution is 2.26. The number of phenols is 1. The van der Waals surface area contributed by atoms with E-state index in [1.165, 1.54) is 7.11 Å². The standard InChI is InChI=1S/C14H20BrNO3/c1-16(14(18)5-3-4-8-15)10-11-6-7-12(17)13(9-11)19-2/h6-7,9,17H,3-5,8,10H2,1-2H3. The lowest BCUT2D eigenvalue weighted by molar-refractivity contribution is -0.130. The minimum atomic E-state index is 0.109. The van der Waals surface area contributed by atoms with Crippen molar-refractivity contribution in [2.75, 3.05) is 19.5 Å². The zero-order valence-corrected chi connectivity index (χ0v) is 12.9. The first-order valence-corrected chi connectivity index (χ1v) is 7.36. The molecule has 0 heterocycles. The van der Waals surface area contributed by atoms with Gasteiger partial charge in [-0.25, -0.2) is 0 Å². The number of hydrogen-bond donors (Lipinski definition) is 1. The van der Waals surface area contributed by atoms with E-state index in [0.29, 0.717) is 18.7 Å². The van der Waals surface area contributed by atoms with Gasteiger partial charge in [-0.15, -0.1) is 0 Å². The van der Waals surface area contributed by atoms with Crippen molar-refractivity contribution >= 4 is 21.8 Å². The molecule has 1 amide bonds. The number of unbranched alkanes of at least 4 members (excludes halogenated alkanes) is 1. The van der Waals surface area contributed by atoms with Gasteiger partial charge in [-0.1, -0.05) is 22.0 Å². The van der Waals surface area contributed by atoms with E-state index in [1.54, 1.807) is 30.1 Å². The Morgan fingerprint density at radius 1 is 1.42 bits per heavy atom. The third-order valence-electron chi connectivity index (χ3n) is 2.86. The van der Waals surface area contributed by atoms with Gasteiger partial charge in [-0.3, -0.25) is 4.79 Å². The quantitative estimate of drug-likeness (QED) is 0.618. The average Bonchev–Trinajstić information content (AvgIpc) is 2.41. The molecule has 106 valence electrons. The maximum absolute atomic E-state index is 11.9. The average molecular weight is 330 g/mol. The predicted octanol–water partition coefficient (Wildman–Crippen LogP) is 2.92. The molecule has 4 nitrogen and oxygen atoms in total. The molecule has 0 bridgehead atoms. The summed E-state index contributed by atoms with van der Waals surface area (Å²) >= 11 is 3.35. The number of hydrogen-bond acceptors (Lipinski definition) is 3. The van der Waals surface area contributed by atoms with E-state index < -0.39 is 0 Å². The summed E-state index contributed by atoms with van der Waals surface area (Å²) in [5.41, 5.74) is 0.936. The Balaban J connectivity index is 2.56. The number of halogens is 1. The fourth-order valence-electron chi connectivity index (χ4n) is 1.74. The van der Waals surface area contributed by atoms with Crippen LogP contribution in [0.5, 0.6) is 11.5 Å². The smallest absolute Gasteiger partial charge is 0.222 e. The third-order valence-corrected chi connectivity index (χ3v) is 3.42. The van der Waals surface area contributed by atoms with Crippen LogP contribution in [-0.4, -0.2) is 35.4 Å². The van der Waals surface area contributed by atoms with Crippen LogP contribution >= 0.6 is 15.9 Å². The lowest BCUT2D eigenvalue weighted by Gasteiger charge is -2.17. The minimum Gasteiger partial charge on any atom is -0.504 e. The lowest BCUT2D eigenvalue weighted by Crippen LogP contribution is -2.25. The number of rotatable bonds is 7. The van der Waals surface area contributed by atoms with Gasteiger partial charge >= 0.3 is 0 Å². The zero-order valence-electron chi connectivity index (χ0n) is 11.4. The summed E-state index contributed by atoms with van der Waals surface area (Å²) in [6, 6.07) is 5.12. The van der Waals surface area contributed by atoms with E-state index in [-0.39, 0.29) is 11.7 Å². The highest BCUT2D eigenvalue weighted by Gasteiger charge is 2.10. The highest BCUT2D eigenvalue weighted by molar-refractivity contribution is 9.09. The Hall–Kier alpha value is -1.23. The van der Waals surface area contributed by atoms with Gasteiger partial charge in [-0.05, 0) is 30.5 Å². The van der Waals surface area contributed by atoms with E-state index in [4.69, 9.17) is 4.74 Å². The largest absolute Gasteiger partial charge is 0.504 e. The van der Waals surface area contributed by atoms with Gasteiger partial charge in [0.25, 0.3) is 0 Å². The molecule has 0 saturated heterocycles. The van der Waals surface area contributed by atoms with Crippen molar-refractivity contribution < 1.29 is 14.6 Å². The molecule has 5 heteroatoms. The van der Waals surface area contributed by atoms with Gasteiger partial charge in [0.1, 0.15) is 0 Å². The van der Waals surface area contributed by atoms with Crippen LogP contribution in [0.1, 0.15) is 24.8 Å². The molecule has 0 radical (unpaired) electrons. The van der Waals surface area contributed by atoms with Gasteiger partial charge in [0.05, 0.1) is 7.11 Å². The Bertz CT molecular complexity index is 423. The monoisotopic (exact) mass is 329 g/mol. The molecule has 0 fully saturated rings. The van der Waals surface area contributed by atoms with Crippen molar-refractivity contribution in [2.45, 2.75) is 25.8 Å². The van der Waals surface area contributed by atoms with Crippen molar-refractivity contribution in [1.82, 2.24) is 4.90 Å². The van der Waals surface area contributed by atoms with Crippen molar-refractivity contribution in [3.63, 3.8) is 0 Å². The Morgan fingerprint density at radius 3 is 2.79 bits per heavy atom. The fourth-order valence-corrected chi connectivity index (χ4v) is 2.14. The van der Waals surface area contributed by atoms with Gasteiger partial charge < -0.3 is 14.7 Å². The summed E-state index contributed by atoms with van der Waals surface area (Å²) in [5, 5.41) is 10.4. The molecular weight excluding hydrogens is 310 g/mol. The van der Waals surface area contributed by atoms with Gasteiger partial charge in [0.15, 0.2) is 11.5 Å². The number of aromatic hydroxyl groups is 1. The van der Waals surface area contributed by atoms with Crippen LogP contribution in [0.2, 0.25) is 0 Å². The number of nitrogens with zero attached hydrogens (tertiary/aromatic N) is 1. The highest BCUT2D eigenvalue weighted by atomic mass is 79.9. The number of benzene rings is 1. The maximum atomic E-state index is 11.9. The number of carbonyl (C=O) groups is 1. The molecule has 0 saturated carbocycles. The summed E-state index contributed by atoms with van der Waals surface area (Å²) in [6.07, 6.45) is 2.47. The minimum absolute atomic E-state index is 0.109. The first-order valence-electron chi connectivity index (χ1n) is 6.24. The van der Waals surface area contributed by atoms with Crippen LogP contribution in [0.4, 0.5) is 0 Å². The molecule has 0 spiro atoms. The summed E-state index contributed by atoms with van der Waals surface area (Å²) in [7, 11) is 3.30. The molecule has 0 aliphatic heterocycles. The Kier molecular flexibility index (Phi) is 6.70. The summed E-state index contributed by atoms with van der Waals surface area (Å²) < 4.78 is 5.05. The van der Waals surface area contributed by atoms with E-state index in [0.717, 1.165) is 23.7 Å². The summed E-state index contributed by atoms with van der Waals surface area (Å²) in [4.78, 5) is 13.6. The van der Waals surface area contributed by atoms with Crippen LogP contribution < -0.4 is 4.74 Å². The Morgan fingerprint density at radius 2 is 2.16 bits per heavy atom. The van der Waals surface area contributed by atoms with Crippen LogP contribution in [0.3, 0.4) is 0 Å². The van der Waals surface area contributed by atoms with Crippen LogP contribution in [0, 0.1) is 0 Å².